The van der Waals surface area contributed by atoms with Crippen LogP contribution in [0.15, 0.2) is 64.8 Å². The number of likely N-dealkylation sites (tertiary alicyclic amines) is 1. The molecule has 3 aliphatic rings. The number of pyridine rings is 1. The molecule has 3 amide bonds. The molecular formula is C45H59FN6O7S2. The number of fused-ring (bicyclic) bond motifs is 1. The number of hydrogen-bond donors (Lipinski definition) is 4. The van der Waals surface area contributed by atoms with Gasteiger partial charge in [0, 0.05) is 28.9 Å². The number of aryl methyl sites for hydroxylation is 1. The van der Waals surface area contributed by atoms with Gasteiger partial charge >= 0.3 is 0 Å². The molecule has 330 valence electrons. The van der Waals surface area contributed by atoms with Crippen LogP contribution in [0.25, 0.3) is 21.5 Å². The first-order chi connectivity index (χ1) is 29.0. The molecule has 13 nitrogen and oxygen atoms in total. The average Bonchev–Trinajstić information content (AvgIpc) is 4.03. The van der Waals surface area contributed by atoms with E-state index in [1.165, 1.54) is 36.3 Å². The molecule has 3 atom stereocenters. The topological polar surface area (TPSA) is 194 Å². The summed E-state index contributed by atoms with van der Waals surface area (Å²) in [7, 11) is -1.83. The number of rotatable bonds is 15. The zero-order valence-corrected chi connectivity index (χ0v) is 37.5. The van der Waals surface area contributed by atoms with Crippen LogP contribution in [-0.4, -0.2) is 72.0 Å². The van der Waals surface area contributed by atoms with Gasteiger partial charge in [-0.05, 0) is 118 Å². The number of hydrogen-bond acceptors (Lipinski definition) is 10. The highest BCUT2D eigenvalue weighted by molar-refractivity contribution is 7.91. The van der Waals surface area contributed by atoms with Crippen LogP contribution in [0.3, 0.4) is 0 Å². The number of sulfonamides is 1. The summed E-state index contributed by atoms with van der Waals surface area (Å²) < 4.78 is 43.8. The van der Waals surface area contributed by atoms with Gasteiger partial charge in [0.25, 0.3) is 5.56 Å². The summed E-state index contributed by atoms with van der Waals surface area (Å²) in [5.41, 5.74) is 8.45. The predicted molar refractivity (Wildman–Crippen MR) is 239 cm³/mol. The average molecular weight is 879 g/mol. The number of halogens is 1. The van der Waals surface area contributed by atoms with Crippen molar-refractivity contribution in [3.63, 3.8) is 0 Å². The lowest BCUT2D eigenvalue weighted by atomic mass is 10.1. The number of carbonyl (C=O) groups excluding carboxylic acids is 3. The van der Waals surface area contributed by atoms with Gasteiger partial charge < -0.3 is 25.7 Å². The van der Waals surface area contributed by atoms with E-state index in [2.05, 4.69) is 52.9 Å². The monoisotopic (exact) mass is 878 g/mol. The molecule has 0 bridgehead atoms. The van der Waals surface area contributed by atoms with Gasteiger partial charge in [-0.3, -0.25) is 23.9 Å². The Labute approximate surface area is 361 Å². The van der Waals surface area contributed by atoms with Gasteiger partial charge in [0.2, 0.25) is 27.7 Å². The molecule has 2 aliphatic carbocycles. The third-order valence-electron chi connectivity index (χ3n) is 11.4. The molecule has 2 unspecified atom stereocenters. The number of amides is 3. The van der Waals surface area contributed by atoms with Gasteiger partial charge in [-0.15, -0.1) is 11.3 Å². The molecule has 2 saturated carbocycles. The summed E-state index contributed by atoms with van der Waals surface area (Å²) >= 11 is 1.55. The number of anilines is 1. The number of primary amides is 1. The number of thiazole rings is 1. The standard InChI is InChI=1S/C17H18N2O2S.C15H25NO3S.C13H16FN3O2/c1-9(2)14-8-22-17(19-14)13-7-12-10(3)15(21-4)6-5-11(12)16(20)18-13;1-3-4-5-6-7-8-12-11-13(12)14(17)16-20(18,19)15(2)9-10-15;14-9-3-1-4-10(7-9)16-8-12(18)17-6-2-5-11(17)13(15)19/h5-9H,1-4H3,(H,18,20);7-8,12-13H,3-6,9-11H2,1-2H3,(H,16,17);1,3-4,7,11,16H,2,5-6,8H2,(H2,15,19)/b;8-7-;/t;;11-/m..0/s1. The maximum atomic E-state index is 13.0. The van der Waals surface area contributed by atoms with E-state index in [4.69, 9.17) is 10.5 Å². The minimum Gasteiger partial charge on any atom is -0.496 e. The molecule has 0 radical (unpaired) electrons. The lowest BCUT2D eigenvalue weighted by Crippen LogP contribution is -2.45. The van der Waals surface area contributed by atoms with Crippen LogP contribution in [0.2, 0.25) is 0 Å². The predicted octanol–water partition coefficient (Wildman–Crippen LogP) is 7.56. The number of benzene rings is 2. The van der Waals surface area contributed by atoms with Crippen LogP contribution in [0.4, 0.5) is 10.1 Å². The van der Waals surface area contributed by atoms with Crippen LogP contribution in [0, 0.1) is 24.6 Å². The van der Waals surface area contributed by atoms with E-state index in [0.29, 0.717) is 42.8 Å². The molecule has 4 aromatic rings. The van der Waals surface area contributed by atoms with E-state index in [9.17, 15) is 32.0 Å². The molecule has 3 heterocycles. The molecule has 2 aromatic carbocycles. The Morgan fingerprint density at radius 2 is 1.90 bits per heavy atom. The number of carbonyl (C=O) groups is 3. The van der Waals surface area contributed by atoms with Crippen molar-refractivity contribution >= 4 is 55.5 Å². The number of nitrogens with one attached hydrogen (secondary N) is 3. The highest BCUT2D eigenvalue weighted by atomic mass is 32.2. The van der Waals surface area contributed by atoms with Gasteiger partial charge in [0.1, 0.15) is 22.6 Å². The Morgan fingerprint density at radius 3 is 2.54 bits per heavy atom. The first-order valence-corrected chi connectivity index (χ1v) is 23.3. The SMILES string of the molecule is CCCCC/C=C\C1CC1C(=O)NS(=O)(=O)C1(C)CC1.COc1ccc2c(=O)[nH]c(-c3nc(C(C)C)cs3)cc2c1C.NC(=O)[C@@H]1CCCN1C(=O)CNc1cccc(F)c1. The number of allylic oxidation sites excluding steroid dienone is 2. The maximum Gasteiger partial charge on any atom is 0.256 e. The van der Waals surface area contributed by atoms with Crippen LogP contribution in [-0.2, 0) is 24.4 Å². The Kier molecular flexibility index (Phi) is 15.9. The summed E-state index contributed by atoms with van der Waals surface area (Å²) in [5, 5.41) is 7.29. The van der Waals surface area contributed by atoms with E-state index >= 15 is 0 Å². The number of aromatic nitrogens is 2. The molecule has 7 rings (SSSR count). The second-order valence-electron chi connectivity index (χ2n) is 16.5. The van der Waals surface area contributed by atoms with Gasteiger partial charge in [-0.25, -0.2) is 17.8 Å². The highest BCUT2D eigenvalue weighted by Crippen LogP contribution is 2.44. The molecule has 1 saturated heterocycles. The van der Waals surface area contributed by atoms with E-state index in [1.54, 1.807) is 43.6 Å². The summed E-state index contributed by atoms with van der Waals surface area (Å²) in [4.78, 5) is 56.5. The second-order valence-corrected chi connectivity index (χ2v) is 19.5. The van der Waals surface area contributed by atoms with E-state index in [1.807, 2.05) is 24.4 Å². The van der Waals surface area contributed by atoms with Gasteiger partial charge in [-0.2, -0.15) is 0 Å². The van der Waals surface area contributed by atoms with Crippen molar-refractivity contribution in [2.45, 2.75) is 109 Å². The fourth-order valence-corrected chi connectivity index (χ4v) is 9.26. The lowest BCUT2D eigenvalue weighted by molar-refractivity contribution is -0.135. The van der Waals surface area contributed by atoms with Crippen molar-refractivity contribution in [3.05, 3.63) is 87.4 Å². The third kappa shape index (κ3) is 12.3. The Hall–Kier alpha value is -5.09. The molecule has 1 aliphatic heterocycles. The minimum atomic E-state index is -3.47. The largest absolute Gasteiger partial charge is 0.496 e. The van der Waals surface area contributed by atoms with Crippen molar-refractivity contribution in [1.82, 2.24) is 19.6 Å². The first-order valence-electron chi connectivity index (χ1n) is 21.0. The second kappa shape index (κ2) is 20.6. The molecule has 16 heteroatoms. The van der Waals surface area contributed by atoms with Crippen molar-refractivity contribution in [2.75, 3.05) is 25.5 Å². The van der Waals surface area contributed by atoms with Gasteiger partial charge in [0.05, 0.1) is 29.8 Å². The smallest absolute Gasteiger partial charge is 0.256 e. The molecule has 0 spiro atoms. The van der Waals surface area contributed by atoms with E-state index in [0.717, 1.165) is 52.4 Å². The van der Waals surface area contributed by atoms with Crippen LogP contribution >= 0.6 is 11.3 Å². The van der Waals surface area contributed by atoms with Gasteiger partial charge in [0.15, 0.2) is 0 Å². The third-order valence-corrected chi connectivity index (χ3v) is 14.4. The lowest BCUT2D eigenvalue weighted by Gasteiger charge is -2.22. The van der Waals surface area contributed by atoms with Crippen molar-refractivity contribution in [2.24, 2.45) is 17.6 Å². The van der Waals surface area contributed by atoms with E-state index in [-0.39, 0.29) is 41.6 Å². The number of H-pyrrole nitrogens is 1. The molecule has 2 aromatic heterocycles. The van der Waals surface area contributed by atoms with E-state index < -0.39 is 26.7 Å². The summed E-state index contributed by atoms with van der Waals surface area (Å²) in [6.45, 7) is 10.6. The zero-order chi connectivity index (χ0) is 44.5. The summed E-state index contributed by atoms with van der Waals surface area (Å²) in [5.74, 6) is -0.115. The number of nitrogens with zero attached hydrogens (tertiary/aromatic N) is 2. The summed E-state index contributed by atoms with van der Waals surface area (Å²) in [6, 6.07) is 11.0. The first kappa shape index (κ1) is 47.0. The fourth-order valence-electron chi connectivity index (χ4n) is 7.00. The van der Waals surface area contributed by atoms with Crippen LogP contribution < -0.4 is 26.1 Å². The van der Waals surface area contributed by atoms with Crippen molar-refractivity contribution < 1.29 is 31.9 Å². The Morgan fingerprint density at radius 1 is 1.15 bits per heavy atom. The Balaban J connectivity index is 0.000000174. The van der Waals surface area contributed by atoms with Crippen molar-refractivity contribution in [1.29, 1.82) is 0 Å². The summed E-state index contributed by atoms with van der Waals surface area (Å²) in [6.07, 6.45) is 12.4. The minimum absolute atomic E-state index is 0.0211. The van der Waals surface area contributed by atoms with Crippen molar-refractivity contribution in [3.8, 4) is 16.5 Å². The highest BCUT2D eigenvalue weighted by Gasteiger charge is 2.52. The van der Waals surface area contributed by atoms with Crippen LogP contribution in [0.5, 0.6) is 5.75 Å². The number of nitrogens with two attached hydrogens (primary N) is 1. The number of ether oxygens (including phenoxy) is 1. The molecule has 3 fully saturated rings. The normalized spacial score (nSPS) is 18.8. The zero-order valence-electron chi connectivity index (χ0n) is 35.9. The van der Waals surface area contributed by atoms with Crippen LogP contribution in [0.1, 0.15) is 103 Å². The number of unbranched alkanes of at least 4 members (excludes halogenated alkanes) is 3. The fraction of sp³-hybridized carbons (Fsp3) is 0.489. The number of methoxy groups -OCH3 is 1. The molecule has 61 heavy (non-hydrogen) atoms. The number of aromatic amines is 1. The maximum absolute atomic E-state index is 13.0. The Bertz CT molecular complexity index is 2390. The molecule has 5 N–H and O–H groups in total. The van der Waals surface area contributed by atoms with Gasteiger partial charge in [-0.1, -0.05) is 51.8 Å². The quantitative estimate of drug-likeness (QED) is 0.0689. The molecular weight excluding hydrogens is 820 g/mol.